The molecule has 0 radical (unpaired) electrons. The van der Waals surface area contributed by atoms with Gasteiger partial charge < -0.3 is 9.64 Å². The van der Waals surface area contributed by atoms with Crippen LogP contribution in [0.1, 0.15) is 19.4 Å². The van der Waals surface area contributed by atoms with E-state index in [1.165, 1.54) is 0 Å². The summed E-state index contributed by atoms with van der Waals surface area (Å²) in [4.78, 5) is 17.2. The van der Waals surface area contributed by atoms with Crippen molar-refractivity contribution in [3.05, 3.63) is 47.1 Å². The predicted molar refractivity (Wildman–Crippen MR) is 82.2 cm³/mol. The Balaban J connectivity index is 1.97. The van der Waals surface area contributed by atoms with Gasteiger partial charge in [0.2, 0.25) is 12.3 Å². The van der Waals surface area contributed by atoms with Gasteiger partial charge in [-0.25, -0.2) is 4.98 Å². The van der Waals surface area contributed by atoms with Crippen LogP contribution in [0.3, 0.4) is 0 Å². The van der Waals surface area contributed by atoms with Crippen LogP contribution in [0, 0.1) is 0 Å². The molecule has 108 valence electrons. The van der Waals surface area contributed by atoms with Crippen molar-refractivity contribution >= 4 is 23.7 Å². The minimum Gasteiger partial charge on any atom is -0.437 e. The zero-order valence-electron chi connectivity index (χ0n) is 11.8. The van der Waals surface area contributed by atoms with Gasteiger partial charge in [0.15, 0.2) is 0 Å². The molecule has 1 amide bonds. The van der Waals surface area contributed by atoms with E-state index in [0.29, 0.717) is 23.2 Å². The maximum Gasteiger partial charge on any atom is 0.221 e. The second-order valence-corrected chi connectivity index (χ2v) is 6.10. The summed E-state index contributed by atoms with van der Waals surface area (Å²) in [6.45, 7) is 4.82. The highest BCUT2D eigenvalue weighted by molar-refractivity contribution is 6.32. The topological polar surface area (TPSA) is 42.4 Å². The first-order valence-electron chi connectivity index (χ1n) is 6.66. The monoisotopic (exact) mass is 302 g/mol. The molecule has 0 unspecified atom stereocenters. The van der Waals surface area contributed by atoms with E-state index in [1.807, 2.05) is 12.1 Å². The molecular weight excluding hydrogens is 288 g/mol. The Bertz CT molecular complexity index is 700. The van der Waals surface area contributed by atoms with Gasteiger partial charge in [-0.1, -0.05) is 37.6 Å². The normalized spacial score (nSPS) is 15.7. The SMILES string of the molecule is CC1(C)CN(C=O)c2cc(Oc3ccccc3Cl)ncc21. The molecule has 1 aromatic heterocycles. The molecule has 0 N–H and O–H groups in total. The van der Waals surface area contributed by atoms with Crippen molar-refractivity contribution in [2.24, 2.45) is 0 Å². The van der Waals surface area contributed by atoms with Crippen LogP contribution >= 0.6 is 11.6 Å². The molecule has 21 heavy (non-hydrogen) atoms. The van der Waals surface area contributed by atoms with E-state index in [1.54, 1.807) is 29.3 Å². The first-order chi connectivity index (χ1) is 10.0. The van der Waals surface area contributed by atoms with E-state index < -0.39 is 0 Å². The van der Waals surface area contributed by atoms with Crippen LogP contribution in [-0.2, 0) is 10.2 Å². The van der Waals surface area contributed by atoms with Gasteiger partial charge in [-0.3, -0.25) is 4.79 Å². The van der Waals surface area contributed by atoms with Gasteiger partial charge in [0, 0.05) is 29.8 Å². The van der Waals surface area contributed by atoms with Gasteiger partial charge in [-0.2, -0.15) is 0 Å². The van der Waals surface area contributed by atoms with E-state index in [-0.39, 0.29) is 5.41 Å². The maximum absolute atomic E-state index is 11.2. The third kappa shape index (κ3) is 2.47. The van der Waals surface area contributed by atoms with Gasteiger partial charge in [0.1, 0.15) is 5.75 Å². The number of hydrogen-bond acceptors (Lipinski definition) is 3. The van der Waals surface area contributed by atoms with Crippen molar-refractivity contribution < 1.29 is 9.53 Å². The molecule has 0 saturated heterocycles. The van der Waals surface area contributed by atoms with Gasteiger partial charge >= 0.3 is 0 Å². The molecule has 2 heterocycles. The summed E-state index contributed by atoms with van der Waals surface area (Å²) in [6, 6.07) is 8.99. The molecule has 0 saturated carbocycles. The Hall–Kier alpha value is -2.07. The number of hydrogen-bond donors (Lipinski definition) is 0. The number of para-hydroxylation sites is 1. The van der Waals surface area contributed by atoms with Crippen molar-refractivity contribution in [2.45, 2.75) is 19.3 Å². The van der Waals surface area contributed by atoms with E-state index in [9.17, 15) is 4.79 Å². The summed E-state index contributed by atoms with van der Waals surface area (Å²) in [5, 5.41) is 0.521. The van der Waals surface area contributed by atoms with Gasteiger partial charge in [0.25, 0.3) is 0 Å². The Labute approximate surface area is 128 Å². The molecule has 0 bridgehead atoms. The molecule has 1 aromatic carbocycles. The number of ether oxygens (including phenoxy) is 1. The highest BCUT2D eigenvalue weighted by Crippen LogP contribution is 2.41. The highest BCUT2D eigenvalue weighted by atomic mass is 35.5. The lowest BCUT2D eigenvalue weighted by Gasteiger charge is -2.17. The molecule has 0 atom stereocenters. The third-order valence-corrected chi connectivity index (χ3v) is 3.95. The number of nitrogens with zero attached hydrogens (tertiary/aromatic N) is 2. The number of pyridine rings is 1. The van der Waals surface area contributed by atoms with Gasteiger partial charge in [-0.05, 0) is 12.1 Å². The predicted octanol–water partition coefficient (Wildman–Crippen LogP) is 3.78. The van der Waals surface area contributed by atoms with Crippen LogP contribution in [0.25, 0.3) is 0 Å². The lowest BCUT2D eigenvalue weighted by molar-refractivity contribution is -0.107. The van der Waals surface area contributed by atoms with E-state index in [0.717, 1.165) is 17.7 Å². The molecule has 1 aliphatic heterocycles. The minimum absolute atomic E-state index is 0.105. The van der Waals surface area contributed by atoms with Crippen molar-refractivity contribution in [3.8, 4) is 11.6 Å². The largest absolute Gasteiger partial charge is 0.437 e. The third-order valence-electron chi connectivity index (χ3n) is 3.64. The zero-order chi connectivity index (χ0) is 15.0. The first kappa shape index (κ1) is 13.9. The Kier molecular flexibility index (Phi) is 3.33. The molecule has 1 aliphatic rings. The summed E-state index contributed by atoms with van der Waals surface area (Å²) in [6.07, 6.45) is 2.61. The highest BCUT2D eigenvalue weighted by Gasteiger charge is 2.35. The molecular formula is C16H15ClN2O2. The number of aromatic nitrogens is 1. The number of rotatable bonds is 3. The summed E-state index contributed by atoms with van der Waals surface area (Å²) in [5.74, 6) is 0.966. The Morgan fingerprint density at radius 1 is 1.38 bits per heavy atom. The number of benzene rings is 1. The molecule has 2 aromatic rings. The van der Waals surface area contributed by atoms with Gasteiger partial charge in [-0.15, -0.1) is 0 Å². The Morgan fingerprint density at radius 3 is 2.86 bits per heavy atom. The van der Waals surface area contributed by atoms with Crippen molar-refractivity contribution in [2.75, 3.05) is 11.4 Å². The van der Waals surface area contributed by atoms with E-state index >= 15 is 0 Å². The summed E-state index contributed by atoms with van der Waals surface area (Å²) >= 11 is 6.07. The fraction of sp³-hybridized carbons (Fsp3) is 0.250. The average molecular weight is 303 g/mol. The fourth-order valence-electron chi connectivity index (χ4n) is 2.57. The lowest BCUT2D eigenvalue weighted by Crippen LogP contribution is -2.27. The summed E-state index contributed by atoms with van der Waals surface area (Å²) in [7, 11) is 0. The van der Waals surface area contributed by atoms with Crippen LogP contribution in [0.15, 0.2) is 36.5 Å². The first-order valence-corrected chi connectivity index (χ1v) is 7.04. The van der Waals surface area contributed by atoms with Gasteiger partial charge in [0.05, 0.1) is 10.7 Å². The number of anilines is 1. The van der Waals surface area contributed by atoms with Crippen LogP contribution in [0.4, 0.5) is 5.69 Å². The molecule has 0 aliphatic carbocycles. The molecule has 3 rings (SSSR count). The summed E-state index contributed by atoms with van der Waals surface area (Å²) < 4.78 is 5.71. The molecule has 4 nitrogen and oxygen atoms in total. The smallest absolute Gasteiger partial charge is 0.221 e. The van der Waals surface area contributed by atoms with Crippen molar-refractivity contribution in [1.82, 2.24) is 4.98 Å². The van der Waals surface area contributed by atoms with Crippen molar-refractivity contribution in [1.29, 1.82) is 0 Å². The molecule has 0 fully saturated rings. The number of amides is 1. The quantitative estimate of drug-likeness (QED) is 0.810. The van der Waals surface area contributed by atoms with Crippen LogP contribution in [-0.4, -0.2) is 17.9 Å². The Morgan fingerprint density at radius 2 is 2.14 bits per heavy atom. The number of carbonyl (C=O) groups is 1. The van der Waals surface area contributed by atoms with E-state index in [4.69, 9.17) is 16.3 Å². The minimum atomic E-state index is -0.105. The molecule has 5 heteroatoms. The zero-order valence-corrected chi connectivity index (χ0v) is 12.6. The van der Waals surface area contributed by atoms with E-state index in [2.05, 4.69) is 18.8 Å². The maximum atomic E-state index is 11.2. The van der Waals surface area contributed by atoms with Crippen LogP contribution < -0.4 is 9.64 Å². The fourth-order valence-corrected chi connectivity index (χ4v) is 2.75. The average Bonchev–Trinajstić information content (AvgIpc) is 2.72. The van der Waals surface area contributed by atoms with Crippen LogP contribution in [0.5, 0.6) is 11.6 Å². The number of halogens is 1. The number of carbonyl (C=O) groups excluding carboxylic acids is 1. The standard InChI is InChI=1S/C16H15ClN2O2/c1-16(2)9-19(10-20)13-7-15(18-8-11(13)16)21-14-6-4-3-5-12(14)17/h3-8,10H,9H2,1-2H3. The second-order valence-electron chi connectivity index (χ2n) is 5.69. The summed E-state index contributed by atoms with van der Waals surface area (Å²) in [5.41, 5.74) is 1.78. The second kappa shape index (κ2) is 5.04. The van der Waals surface area contributed by atoms with Crippen LogP contribution in [0.2, 0.25) is 5.02 Å². The van der Waals surface area contributed by atoms with Crippen molar-refractivity contribution in [3.63, 3.8) is 0 Å². The lowest BCUT2D eigenvalue weighted by atomic mass is 9.88. The molecule has 0 spiro atoms. The number of fused-ring (bicyclic) bond motifs is 1.